The lowest BCUT2D eigenvalue weighted by Gasteiger charge is -2.22. The molecule has 8 heteroatoms. The number of aromatic amines is 1. The molecule has 4 rings (SSSR count). The number of H-pyrrole nitrogens is 1. The smallest absolute Gasteiger partial charge is 0.338 e. The molecule has 0 bridgehead atoms. The van der Waals surface area contributed by atoms with Gasteiger partial charge in [-0.05, 0) is 73.2 Å². The zero-order valence-electron chi connectivity index (χ0n) is 18.4. The van der Waals surface area contributed by atoms with E-state index in [0.29, 0.717) is 17.2 Å². The molecule has 1 heterocycles. The fourth-order valence-corrected chi connectivity index (χ4v) is 4.25. The monoisotopic (exact) mass is 451 g/mol. The Hall–Kier alpha value is -3.68. The number of aromatic nitrogens is 1. The molecule has 0 spiro atoms. The van der Waals surface area contributed by atoms with Crippen molar-refractivity contribution < 1.29 is 23.5 Å². The molecule has 1 aromatic heterocycles. The lowest BCUT2D eigenvalue weighted by molar-refractivity contribution is -0.121. The molecular weight excluding hydrogens is 425 g/mol. The standard InChI is InChI=1S/C25H26FN3O4/c1-15-2-8-21-19(12-15)20-13-16(3-9-22(20)28-21)25(32)33-14-24(31)29(11-10-23(27)30)18-6-4-17(26)5-7-18/h3-7,9,13,15,28H,2,8,10-12,14H2,1H3,(H2,27,30). The Balaban J connectivity index is 1.47. The molecular formula is C25H26FN3O4. The van der Waals surface area contributed by atoms with Crippen molar-refractivity contribution in [3.63, 3.8) is 0 Å². The second-order valence-corrected chi connectivity index (χ2v) is 8.50. The maximum Gasteiger partial charge on any atom is 0.338 e. The Kier molecular flexibility index (Phi) is 6.44. The van der Waals surface area contributed by atoms with Gasteiger partial charge >= 0.3 is 5.97 Å². The molecule has 1 atom stereocenters. The van der Waals surface area contributed by atoms with E-state index >= 15 is 0 Å². The fourth-order valence-electron chi connectivity index (χ4n) is 4.25. The lowest BCUT2D eigenvalue weighted by atomic mass is 9.87. The van der Waals surface area contributed by atoms with Gasteiger partial charge in [0.05, 0.1) is 5.56 Å². The zero-order chi connectivity index (χ0) is 23.5. The molecule has 0 fully saturated rings. The number of hydrogen-bond donors (Lipinski definition) is 2. The molecule has 2 aromatic carbocycles. The molecule has 0 radical (unpaired) electrons. The number of nitrogens with one attached hydrogen (secondary N) is 1. The maximum absolute atomic E-state index is 13.3. The van der Waals surface area contributed by atoms with E-state index in [0.717, 1.165) is 30.2 Å². The summed E-state index contributed by atoms with van der Waals surface area (Å²) in [7, 11) is 0. The van der Waals surface area contributed by atoms with Gasteiger partial charge in [-0.2, -0.15) is 0 Å². The van der Waals surface area contributed by atoms with Gasteiger partial charge in [0.1, 0.15) is 5.82 Å². The Bertz CT molecular complexity index is 1200. The summed E-state index contributed by atoms with van der Waals surface area (Å²) in [4.78, 5) is 41.4. The molecule has 0 aliphatic heterocycles. The number of hydrogen-bond acceptors (Lipinski definition) is 4. The van der Waals surface area contributed by atoms with Crippen LogP contribution in [0.3, 0.4) is 0 Å². The van der Waals surface area contributed by atoms with Crippen molar-refractivity contribution in [1.29, 1.82) is 0 Å². The average molecular weight is 451 g/mol. The van der Waals surface area contributed by atoms with Gasteiger partial charge in [-0.3, -0.25) is 9.59 Å². The third-order valence-electron chi connectivity index (χ3n) is 6.02. The number of carbonyl (C=O) groups is 3. The SMILES string of the molecule is CC1CCc2[nH]c3ccc(C(=O)OCC(=O)N(CCC(N)=O)c4ccc(F)cc4)cc3c2C1. The topological polar surface area (TPSA) is 105 Å². The molecule has 2 amide bonds. The van der Waals surface area contributed by atoms with Crippen LogP contribution in [0.1, 0.15) is 41.4 Å². The van der Waals surface area contributed by atoms with E-state index in [2.05, 4.69) is 11.9 Å². The molecule has 1 unspecified atom stereocenters. The summed E-state index contributed by atoms with van der Waals surface area (Å²) >= 11 is 0. The predicted octanol–water partition coefficient (Wildman–Crippen LogP) is 3.50. The number of esters is 1. The highest BCUT2D eigenvalue weighted by molar-refractivity contribution is 5.99. The van der Waals surface area contributed by atoms with Crippen LogP contribution in [0.15, 0.2) is 42.5 Å². The Labute approximate surface area is 190 Å². The number of amides is 2. The zero-order valence-corrected chi connectivity index (χ0v) is 18.4. The van der Waals surface area contributed by atoms with Gasteiger partial charge in [0.25, 0.3) is 5.91 Å². The molecule has 33 heavy (non-hydrogen) atoms. The van der Waals surface area contributed by atoms with Gasteiger partial charge in [-0.25, -0.2) is 9.18 Å². The van der Waals surface area contributed by atoms with Gasteiger partial charge in [-0.15, -0.1) is 0 Å². The molecule has 7 nitrogen and oxygen atoms in total. The van der Waals surface area contributed by atoms with Crippen LogP contribution in [0, 0.1) is 11.7 Å². The van der Waals surface area contributed by atoms with Crippen molar-refractivity contribution in [2.24, 2.45) is 11.7 Å². The number of benzene rings is 2. The first-order valence-electron chi connectivity index (χ1n) is 11.0. The third kappa shape index (κ3) is 5.05. The lowest BCUT2D eigenvalue weighted by Crippen LogP contribution is -2.37. The Morgan fingerprint density at radius 1 is 1.18 bits per heavy atom. The molecule has 172 valence electrons. The fraction of sp³-hybridized carbons (Fsp3) is 0.320. The number of primary amides is 1. The molecule has 3 aromatic rings. The van der Waals surface area contributed by atoms with Crippen molar-refractivity contribution in [2.45, 2.75) is 32.6 Å². The van der Waals surface area contributed by atoms with Crippen LogP contribution in [0.4, 0.5) is 10.1 Å². The van der Waals surface area contributed by atoms with E-state index in [1.807, 2.05) is 6.07 Å². The van der Waals surface area contributed by atoms with Gasteiger partial charge < -0.3 is 20.4 Å². The predicted molar refractivity (Wildman–Crippen MR) is 122 cm³/mol. The summed E-state index contributed by atoms with van der Waals surface area (Å²) < 4.78 is 18.6. The summed E-state index contributed by atoms with van der Waals surface area (Å²) in [6, 6.07) is 10.6. The number of fused-ring (bicyclic) bond motifs is 3. The van der Waals surface area contributed by atoms with E-state index in [1.165, 1.54) is 40.4 Å². The van der Waals surface area contributed by atoms with Crippen LogP contribution in [0.2, 0.25) is 0 Å². The average Bonchev–Trinajstić information content (AvgIpc) is 3.15. The Morgan fingerprint density at radius 3 is 2.67 bits per heavy atom. The minimum atomic E-state index is -0.613. The third-order valence-corrected chi connectivity index (χ3v) is 6.02. The summed E-state index contributed by atoms with van der Waals surface area (Å²) in [6.45, 7) is 1.70. The number of nitrogens with two attached hydrogens (primary N) is 1. The number of ether oxygens (including phenoxy) is 1. The van der Waals surface area contributed by atoms with Gasteiger partial charge in [0.2, 0.25) is 5.91 Å². The van der Waals surface area contributed by atoms with Gasteiger partial charge in [0.15, 0.2) is 6.61 Å². The van der Waals surface area contributed by atoms with Crippen molar-refractivity contribution in [3.05, 3.63) is 65.1 Å². The molecule has 0 saturated heterocycles. The first kappa shape index (κ1) is 22.5. The quantitative estimate of drug-likeness (QED) is 0.537. The highest BCUT2D eigenvalue weighted by Crippen LogP contribution is 2.32. The summed E-state index contributed by atoms with van der Waals surface area (Å²) in [6.07, 6.45) is 3.00. The number of rotatable bonds is 7. The normalized spacial score (nSPS) is 15.2. The van der Waals surface area contributed by atoms with Crippen molar-refractivity contribution >= 4 is 34.4 Å². The molecule has 1 aliphatic rings. The minimum absolute atomic E-state index is 0.00300. The summed E-state index contributed by atoms with van der Waals surface area (Å²) in [5.74, 6) is -1.60. The molecule has 1 aliphatic carbocycles. The molecule has 3 N–H and O–H groups in total. The van der Waals surface area contributed by atoms with Crippen molar-refractivity contribution in [3.8, 4) is 0 Å². The number of nitrogens with zero attached hydrogens (tertiary/aromatic N) is 1. The second kappa shape index (κ2) is 9.44. The Morgan fingerprint density at radius 2 is 1.94 bits per heavy atom. The number of anilines is 1. The van der Waals surface area contributed by atoms with Crippen LogP contribution in [0.5, 0.6) is 0 Å². The minimum Gasteiger partial charge on any atom is -0.452 e. The largest absolute Gasteiger partial charge is 0.452 e. The van der Waals surface area contributed by atoms with Crippen LogP contribution < -0.4 is 10.6 Å². The summed E-state index contributed by atoms with van der Waals surface area (Å²) in [5.41, 5.74) is 9.39. The highest BCUT2D eigenvalue weighted by Gasteiger charge is 2.22. The van der Waals surface area contributed by atoms with Crippen LogP contribution in [0.25, 0.3) is 10.9 Å². The number of carbonyl (C=O) groups excluding carboxylic acids is 3. The van der Waals surface area contributed by atoms with Crippen LogP contribution >= 0.6 is 0 Å². The van der Waals surface area contributed by atoms with Crippen LogP contribution in [-0.4, -0.2) is 35.9 Å². The van der Waals surface area contributed by atoms with E-state index in [1.54, 1.807) is 12.1 Å². The van der Waals surface area contributed by atoms with Gasteiger partial charge in [-0.1, -0.05) is 6.92 Å². The van der Waals surface area contributed by atoms with E-state index in [4.69, 9.17) is 10.5 Å². The van der Waals surface area contributed by atoms with E-state index in [9.17, 15) is 18.8 Å². The van der Waals surface area contributed by atoms with Crippen molar-refractivity contribution in [1.82, 2.24) is 4.98 Å². The number of aryl methyl sites for hydroxylation is 1. The molecule has 0 saturated carbocycles. The van der Waals surface area contributed by atoms with Crippen LogP contribution in [-0.2, 0) is 27.2 Å². The maximum atomic E-state index is 13.3. The first-order valence-corrected chi connectivity index (χ1v) is 11.0. The van der Waals surface area contributed by atoms with E-state index < -0.39 is 30.2 Å². The van der Waals surface area contributed by atoms with Gasteiger partial charge in [0, 0.05) is 35.2 Å². The highest BCUT2D eigenvalue weighted by atomic mass is 19.1. The first-order chi connectivity index (χ1) is 15.8. The van der Waals surface area contributed by atoms with Crippen molar-refractivity contribution in [2.75, 3.05) is 18.1 Å². The van der Waals surface area contributed by atoms with E-state index in [-0.39, 0.29) is 13.0 Å². The number of halogens is 1. The summed E-state index contributed by atoms with van der Waals surface area (Å²) in [5, 5.41) is 1.01. The second-order valence-electron chi connectivity index (χ2n) is 8.50.